The minimum atomic E-state index is 0.702. The molecule has 0 saturated heterocycles. The van der Waals surface area contributed by atoms with E-state index in [0.717, 1.165) is 34.2 Å². The maximum absolute atomic E-state index is 4.35. The predicted octanol–water partition coefficient (Wildman–Crippen LogP) is 2.60. The van der Waals surface area contributed by atoms with Gasteiger partial charge in [0.1, 0.15) is 18.5 Å². The summed E-state index contributed by atoms with van der Waals surface area (Å²) < 4.78 is 0. The molecular weight excluding hydrogens is 250 g/mol. The number of nitrogens with zero attached hydrogens (tertiary/aromatic N) is 4. The van der Waals surface area contributed by atoms with Crippen LogP contribution in [-0.4, -0.2) is 22.0 Å². The number of aromatic nitrogens is 2. The summed E-state index contributed by atoms with van der Waals surface area (Å²) in [6.07, 6.45) is 5.86. The fourth-order valence-electron chi connectivity index (χ4n) is 2.34. The zero-order chi connectivity index (χ0) is 13.4. The summed E-state index contributed by atoms with van der Waals surface area (Å²) in [7, 11) is 0. The van der Waals surface area contributed by atoms with Crippen LogP contribution >= 0.6 is 0 Å². The van der Waals surface area contributed by atoms with Crippen LogP contribution in [0, 0.1) is 0 Å². The minimum absolute atomic E-state index is 0.702. The maximum Gasteiger partial charge on any atom is 0.141 e. The van der Waals surface area contributed by atoms with Gasteiger partial charge in [0.2, 0.25) is 0 Å². The summed E-state index contributed by atoms with van der Waals surface area (Å²) in [4.78, 5) is 17.2. The van der Waals surface area contributed by atoms with Gasteiger partial charge in [0, 0.05) is 17.7 Å². The van der Waals surface area contributed by atoms with E-state index in [4.69, 9.17) is 0 Å². The Bertz CT molecular complexity index is 759. The second-order valence-corrected chi connectivity index (χ2v) is 4.60. The topological polar surface area (TPSA) is 62.5 Å². The molecule has 2 heterocycles. The van der Waals surface area contributed by atoms with Gasteiger partial charge >= 0.3 is 0 Å². The monoisotopic (exact) mass is 261 g/mol. The summed E-state index contributed by atoms with van der Waals surface area (Å²) >= 11 is 0. The first kappa shape index (κ1) is 11.0. The quantitative estimate of drug-likeness (QED) is 0.903. The predicted molar refractivity (Wildman–Crippen MR) is 79.4 cm³/mol. The number of nitrogens with one attached hydrogen (secondary N) is 1. The minimum Gasteiger partial charge on any atom is -0.340 e. The van der Waals surface area contributed by atoms with Crippen molar-refractivity contribution >= 4 is 29.6 Å². The van der Waals surface area contributed by atoms with Gasteiger partial charge in [-0.25, -0.2) is 20.0 Å². The van der Waals surface area contributed by atoms with Crippen LogP contribution in [0.25, 0.3) is 6.08 Å². The number of rotatable bonds is 2. The molecule has 0 amide bonds. The number of benzene rings is 1. The lowest BCUT2D eigenvalue weighted by Gasteiger charge is -2.16. The second kappa shape index (κ2) is 4.38. The first-order chi connectivity index (χ1) is 9.90. The van der Waals surface area contributed by atoms with E-state index in [1.807, 2.05) is 36.4 Å². The average Bonchev–Trinajstić information content (AvgIpc) is 2.94. The molecule has 96 valence electrons. The number of anilines is 2. The van der Waals surface area contributed by atoms with Crippen LogP contribution in [0.15, 0.2) is 52.3 Å². The lowest BCUT2D eigenvalue weighted by Crippen LogP contribution is -2.13. The van der Waals surface area contributed by atoms with Gasteiger partial charge in [0.25, 0.3) is 0 Å². The highest BCUT2D eigenvalue weighted by molar-refractivity contribution is 6.13. The van der Waals surface area contributed by atoms with E-state index in [1.165, 1.54) is 0 Å². The Morgan fingerprint density at radius 3 is 2.85 bits per heavy atom. The normalized spacial score (nSPS) is 15.2. The molecule has 1 N–H and O–H groups in total. The molecule has 4 rings (SSSR count). The molecule has 5 heteroatoms. The van der Waals surface area contributed by atoms with Crippen molar-refractivity contribution in [2.24, 2.45) is 9.98 Å². The third-order valence-corrected chi connectivity index (χ3v) is 3.32. The van der Waals surface area contributed by atoms with E-state index in [1.54, 1.807) is 12.7 Å². The fourth-order valence-corrected chi connectivity index (χ4v) is 2.34. The molecular formula is C15H11N5. The van der Waals surface area contributed by atoms with Crippen molar-refractivity contribution in [3.05, 3.63) is 53.6 Å². The summed E-state index contributed by atoms with van der Waals surface area (Å²) in [6, 6.07) is 9.97. The van der Waals surface area contributed by atoms with Crippen molar-refractivity contribution in [3.63, 3.8) is 0 Å². The van der Waals surface area contributed by atoms with E-state index in [-0.39, 0.29) is 0 Å². The van der Waals surface area contributed by atoms with Gasteiger partial charge in [-0.1, -0.05) is 18.2 Å². The number of fused-ring (bicyclic) bond motifs is 2. The van der Waals surface area contributed by atoms with Gasteiger partial charge in [0.05, 0.1) is 17.1 Å². The molecule has 0 radical (unpaired) electrons. The molecule has 0 fully saturated rings. The molecule has 0 unspecified atom stereocenters. The molecule has 20 heavy (non-hydrogen) atoms. The van der Waals surface area contributed by atoms with Gasteiger partial charge in [-0.2, -0.15) is 0 Å². The highest BCUT2D eigenvalue weighted by Gasteiger charge is 2.22. The zero-order valence-corrected chi connectivity index (χ0v) is 10.6. The lowest BCUT2D eigenvalue weighted by atomic mass is 9.99. The second-order valence-electron chi connectivity index (χ2n) is 4.60. The zero-order valence-electron chi connectivity index (χ0n) is 10.6. The van der Waals surface area contributed by atoms with E-state index in [9.17, 15) is 0 Å². The third-order valence-electron chi connectivity index (χ3n) is 3.32. The number of aliphatic imine (C=N–C) groups is 2. The van der Waals surface area contributed by atoms with Crippen molar-refractivity contribution in [3.8, 4) is 0 Å². The molecule has 2 aliphatic rings. The first-order valence-corrected chi connectivity index (χ1v) is 6.37. The van der Waals surface area contributed by atoms with E-state index in [0.29, 0.717) is 6.42 Å². The van der Waals surface area contributed by atoms with Crippen molar-refractivity contribution in [2.45, 2.75) is 6.42 Å². The van der Waals surface area contributed by atoms with Crippen LogP contribution < -0.4 is 5.32 Å². The number of hydrogen-bond donors (Lipinski definition) is 1. The molecule has 0 bridgehead atoms. The van der Waals surface area contributed by atoms with E-state index >= 15 is 0 Å². The summed E-state index contributed by atoms with van der Waals surface area (Å²) in [5, 5.41) is 3.32. The third kappa shape index (κ3) is 1.80. The Balaban J connectivity index is 1.77. The lowest BCUT2D eigenvalue weighted by molar-refractivity contribution is 1.05. The molecule has 5 nitrogen and oxygen atoms in total. The standard InChI is InChI=1S/C15H11N5/c1-2-4-10(5-3-1)20-15-11-6-13-14(18-8-17-13)7-12(11)16-9-19-15/h1-6,8-9H,7H2,(H,16,19,20). The number of allylic oxidation sites excluding steroid dienone is 1. The van der Waals surface area contributed by atoms with Gasteiger partial charge in [-0.05, 0) is 18.2 Å². The first-order valence-electron chi connectivity index (χ1n) is 6.37. The van der Waals surface area contributed by atoms with Gasteiger partial charge in [-0.3, -0.25) is 0 Å². The molecule has 0 saturated carbocycles. The van der Waals surface area contributed by atoms with Crippen molar-refractivity contribution in [1.29, 1.82) is 0 Å². The molecule has 0 spiro atoms. The summed E-state index contributed by atoms with van der Waals surface area (Å²) in [6.45, 7) is 0. The van der Waals surface area contributed by atoms with Gasteiger partial charge in [-0.15, -0.1) is 0 Å². The van der Waals surface area contributed by atoms with Crippen LogP contribution in [0.1, 0.15) is 11.3 Å². The Morgan fingerprint density at radius 2 is 1.95 bits per heavy atom. The van der Waals surface area contributed by atoms with Crippen molar-refractivity contribution in [2.75, 3.05) is 5.32 Å². The molecule has 1 aromatic carbocycles. The Hall–Kier alpha value is -2.82. The highest BCUT2D eigenvalue weighted by Crippen LogP contribution is 2.29. The highest BCUT2D eigenvalue weighted by atomic mass is 15.0. The van der Waals surface area contributed by atoms with Gasteiger partial charge < -0.3 is 5.32 Å². The molecule has 1 aromatic heterocycles. The van der Waals surface area contributed by atoms with Gasteiger partial charge in [0.15, 0.2) is 0 Å². The van der Waals surface area contributed by atoms with Crippen molar-refractivity contribution < 1.29 is 0 Å². The van der Waals surface area contributed by atoms with E-state index < -0.39 is 0 Å². The number of para-hydroxylation sites is 1. The summed E-state index contributed by atoms with van der Waals surface area (Å²) in [5.74, 6) is 0.801. The Morgan fingerprint density at radius 1 is 1.05 bits per heavy atom. The van der Waals surface area contributed by atoms with Crippen molar-refractivity contribution in [1.82, 2.24) is 9.97 Å². The van der Waals surface area contributed by atoms with Crippen LogP contribution in [0.3, 0.4) is 0 Å². The number of hydrogen-bond acceptors (Lipinski definition) is 5. The van der Waals surface area contributed by atoms with Crippen LogP contribution in [0.2, 0.25) is 0 Å². The van der Waals surface area contributed by atoms with Crippen LogP contribution in [0.4, 0.5) is 11.5 Å². The maximum atomic E-state index is 4.35. The summed E-state index contributed by atoms with van der Waals surface area (Å²) in [5.41, 5.74) is 4.85. The van der Waals surface area contributed by atoms with E-state index in [2.05, 4.69) is 25.3 Å². The SMILES string of the molecule is C1=NC2=Cc3c(ncnc3Nc3ccccc3)CC2=N1. The van der Waals surface area contributed by atoms with Crippen LogP contribution in [-0.2, 0) is 6.42 Å². The Kier molecular flexibility index (Phi) is 2.42. The average molecular weight is 261 g/mol. The van der Waals surface area contributed by atoms with Crippen LogP contribution in [0.5, 0.6) is 0 Å². The molecule has 1 aliphatic heterocycles. The molecule has 0 atom stereocenters. The molecule has 1 aliphatic carbocycles. The fraction of sp³-hybridized carbons (Fsp3) is 0.0667. The largest absolute Gasteiger partial charge is 0.340 e. The smallest absolute Gasteiger partial charge is 0.141 e. The Labute approximate surface area is 115 Å². The molecule has 2 aromatic rings.